The molecule has 0 amide bonds. The molecule has 0 spiro atoms. The minimum absolute atomic E-state index is 0.301. The van der Waals surface area contributed by atoms with E-state index in [-0.39, 0.29) is 0 Å². The highest BCUT2D eigenvalue weighted by molar-refractivity contribution is 5.27. The minimum Gasteiger partial charge on any atom is -0.513 e. The third-order valence-corrected chi connectivity index (χ3v) is 6.93. The van der Waals surface area contributed by atoms with Gasteiger partial charge in [-0.25, -0.2) is 0 Å². The largest absolute Gasteiger partial charge is 0.513 e. The Morgan fingerprint density at radius 3 is 2.08 bits per heavy atom. The first kappa shape index (κ1) is 32.5. The second-order valence-electron chi connectivity index (χ2n) is 11.4. The molecule has 2 rings (SSSR count). The number of nitrogens with one attached hydrogen (secondary N) is 1. The van der Waals surface area contributed by atoms with Gasteiger partial charge in [-0.05, 0) is 112 Å². The van der Waals surface area contributed by atoms with Crippen LogP contribution in [-0.2, 0) is 6.18 Å². The molecule has 0 heterocycles. The van der Waals surface area contributed by atoms with E-state index in [1.54, 1.807) is 12.1 Å². The van der Waals surface area contributed by atoms with Gasteiger partial charge in [-0.3, -0.25) is 0 Å². The Morgan fingerprint density at radius 1 is 1.00 bits per heavy atom. The van der Waals surface area contributed by atoms with Gasteiger partial charge in [0.1, 0.15) is 0 Å². The zero-order valence-electron chi connectivity index (χ0n) is 23.5. The summed E-state index contributed by atoms with van der Waals surface area (Å²) >= 11 is 0. The molecule has 1 aromatic carbocycles. The Bertz CT molecular complexity index is 698. The molecule has 2 atom stereocenters. The maximum atomic E-state index is 12.6. The second-order valence-corrected chi connectivity index (χ2v) is 11.4. The quantitative estimate of drug-likeness (QED) is 0.204. The molecule has 0 aliphatic heterocycles. The number of hydrogen-bond acceptors (Lipinski definition) is 2. The average Bonchev–Trinajstić information content (AvgIpc) is 2.82. The highest BCUT2D eigenvalue weighted by atomic mass is 19.4. The Morgan fingerprint density at radius 2 is 1.58 bits per heavy atom. The summed E-state index contributed by atoms with van der Waals surface area (Å²) in [5, 5.41) is 13.4. The van der Waals surface area contributed by atoms with Crippen LogP contribution < -0.4 is 5.32 Å². The lowest BCUT2D eigenvalue weighted by Gasteiger charge is -2.29. The number of allylic oxidation sites excluding steroid dienone is 2. The number of aliphatic hydroxyl groups is 1. The summed E-state index contributed by atoms with van der Waals surface area (Å²) in [6.45, 7) is 13.6. The zero-order valence-corrected chi connectivity index (χ0v) is 23.5. The Labute approximate surface area is 219 Å². The van der Waals surface area contributed by atoms with Gasteiger partial charge in [-0.15, -0.1) is 0 Å². The number of rotatable bonds is 13. The lowest BCUT2D eigenvalue weighted by Crippen LogP contribution is -2.17. The molecule has 2 nitrogen and oxygen atoms in total. The van der Waals surface area contributed by atoms with Crippen LogP contribution in [0.4, 0.5) is 13.2 Å². The van der Waals surface area contributed by atoms with E-state index in [2.05, 4.69) is 39.9 Å². The van der Waals surface area contributed by atoms with Crippen molar-refractivity contribution < 1.29 is 18.3 Å². The van der Waals surface area contributed by atoms with Crippen LogP contribution in [0, 0.1) is 17.8 Å². The van der Waals surface area contributed by atoms with E-state index in [0.717, 1.165) is 55.9 Å². The van der Waals surface area contributed by atoms with E-state index in [0.29, 0.717) is 24.0 Å². The molecular weight excluding hydrogens is 459 g/mol. The van der Waals surface area contributed by atoms with Crippen LogP contribution in [-0.4, -0.2) is 18.2 Å². The summed E-state index contributed by atoms with van der Waals surface area (Å²) < 4.78 is 37.9. The van der Waals surface area contributed by atoms with Crippen molar-refractivity contribution >= 4 is 0 Å². The Balaban J connectivity index is 0.000000426. The van der Waals surface area contributed by atoms with E-state index < -0.39 is 11.7 Å². The molecule has 2 unspecified atom stereocenters. The van der Waals surface area contributed by atoms with Crippen molar-refractivity contribution in [3.8, 4) is 0 Å². The summed E-state index contributed by atoms with van der Waals surface area (Å²) in [6.07, 6.45) is 9.70. The number of benzene rings is 1. The third kappa shape index (κ3) is 14.9. The molecule has 1 aliphatic rings. The van der Waals surface area contributed by atoms with Gasteiger partial charge in [0.25, 0.3) is 0 Å². The van der Waals surface area contributed by atoms with Gasteiger partial charge in [0, 0.05) is 6.42 Å². The summed E-state index contributed by atoms with van der Waals surface area (Å²) in [5.74, 6) is 2.90. The number of alkyl halides is 3. The van der Waals surface area contributed by atoms with Crippen LogP contribution >= 0.6 is 0 Å². The Kier molecular flexibility index (Phi) is 16.2. The Hall–Kier alpha value is -1.49. The van der Waals surface area contributed by atoms with Gasteiger partial charge in [-0.1, -0.05) is 59.6 Å². The normalized spacial score (nSPS) is 18.9. The first-order valence-corrected chi connectivity index (χ1v) is 14.3. The van der Waals surface area contributed by atoms with Crippen molar-refractivity contribution in [3.63, 3.8) is 0 Å². The van der Waals surface area contributed by atoms with Crippen molar-refractivity contribution in [1.29, 1.82) is 0 Å². The van der Waals surface area contributed by atoms with Gasteiger partial charge >= 0.3 is 6.18 Å². The highest BCUT2D eigenvalue weighted by Gasteiger charge is 2.31. The molecule has 0 aromatic heterocycles. The fourth-order valence-corrected chi connectivity index (χ4v) is 4.81. The molecule has 1 aromatic rings. The predicted molar refractivity (Wildman–Crippen MR) is 147 cm³/mol. The minimum atomic E-state index is -4.27. The first-order valence-electron chi connectivity index (χ1n) is 14.3. The fraction of sp³-hybridized carbons (Fsp3) is 0.742. The second kappa shape index (κ2) is 17.9. The van der Waals surface area contributed by atoms with Crippen LogP contribution in [0.15, 0.2) is 36.1 Å². The zero-order chi connectivity index (χ0) is 27.0. The average molecular weight is 512 g/mol. The lowest BCUT2D eigenvalue weighted by atomic mass is 9.76. The molecule has 2 N–H and O–H groups in total. The maximum absolute atomic E-state index is 12.6. The molecule has 0 radical (unpaired) electrons. The summed E-state index contributed by atoms with van der Waals surface area (Å²) in [5.41, 5.74) is 0.397. The number of halogens is 3. The fourth-order valence-electron chi connectivity index (χ4n) is 4.81. The van der Waals surface area contributed by atoms with Crippen LogP contribution in [0.2, 0.25) is 0 Å². The monoisotopic (exact) mass is 511 g/mol. The first-order chi connectivity index (χ1) is 17.0. The highest BCUT2D eigenvalue weighted by Crippen LogP contribution is 2.39. The van der Waals surface area contributed by atoms with Gasteiger partial charge in [0.05, 0.1) is 11.3 Å². The molecule has 0 saturated heterocycles. The van der Waals surface area contributed by atoms with Crippen LogP contribution in [0.1, 0.15) is 122 Å². The van der Waals surface area contributed by atoms with Crippen LogP contribution in [0.5, 0.6) is 0 Å². The number of hydrogen-bond donors (Lipinski definition) is 2. The van der Waals surface area contributed by atoms with E-state index >= 15 is 0 Å². The van der Waals surface area contributed by atoms with Gasteiger partial charge in [0.2, 0.25) is 0 Å². The van der Waals surface area contributed by atoms with Crippen LogP contribution in [0.25, 0.3) is 0 Å². The van der Waals surface area contributed by atoms with Crippen molar-refractivity contribution in [2.24, 2.45) is 17.8 Å². The van der Waals surface area contributed by atoms with Crippen molar-refractivity contribution in [2.45, 2.75) is 117 Å². The van der Waals surface area contributed by atoms with Crippen molar-refractivity contribution in [2.75, 3.05) is 13.1 Å². The molecule has 208 valence electrons. The summed E-state index contributed by atoms with van der Waals surface area (Å²) in [4.78, 5) is 0. The summed E-state index contributed by atoms with van der Waals surface area (Å²) in [6, 6.07) is 5.58. The van der Waals surface area contributed by atoms with E-state index in [9.17, 15) is 18.3 Å². The van der Waals surface area contributed by atoms with E-state index in [1.165, 1.54) is 50.9 Å². The van der Waals surface area contributed by atoms with Crippen molar-refractivity contribution in [3.05, 3.63) is 47.2 Å². The van der Waals surface area contributed by atoms with Gasteiger partial charge < -0.3 is 10.4 Å². The van der Waals surface area contributed by atoms with Crippen molar-refractivity contribution in [1.82, 2.24) is 5.32 Å². The SMILES string of the molecule is CC(C)CCCNCCCC(C)C.CCCC=C(O)CC1CCCC(c2ccc(C(F)(F)F)cc2)C1. The maximum Gasteiger partial charge on any atom is 0.416 e. The molecule has 5 heteroatoms. The molecule has 1 aliphatic carbocycles. The summed E-state index contributed by atoms with van der Waals surface area (Å²) in [7, 11) is 0. The van der Waals surface area contributed by atoms with Gasteiger partial charge in [-0.2, -0.15) is 13.2 Å². The van der Waals surface area contributed by atoms with Gasteiger partial charge in [0.15, 0.2) is 0 Å². The lowest BCUT2D eigenvalue weighted by molar-refractivity contribution is -0.137. The predicted octanol–water partition coefficient (Wildman–Crippen LogP) is 10.1. The van der Waals surface area contributed by atoms with E-state index in [4.69, 9.17) is 0 Å². The standard InChI is InChI=1S/C19H25F3O.C12H27N/c1-2-3-7-18(23)13-14-5-4-6-16(12-14)15-8-10-17(11-9-15)19(20,21)22;1-11(2)7-5-9-13-10-6-8-12(3)4/h7-11,14,16,23H,2-6,12-13H2,1H3;11-13H,5-10H2,1-4H3. The number of unbranched alkanes of at least 4 members (excludes halogenated alkanes) is 1. The molecule has 1 fully saturated rings. The molecular formula is C31H52F3NO. The molecule has 1 saturated carbocycles. The van der Waals surface area contributed by atoms with Crippen LogP contribution in [0.3, 0.4) is 0 Å². The molecule has 0 bridgehead atoms. The topological polar surface area (TPSA) is 32.3 Å². The smallest absolute Gasteiger partial charge is 0.416 e. The number of aliphatic hydroxyl groups excluding tert-OH is 1. The molecule has 36 heavy (non-hydrogen) atoms. The van der Waals surface area contributed by atoms with E-state index in [1.807, 2.05) is 6.08 Å². The third-order valence-electron chi connectivity index (χ3n) is 6.93.